The minimum absolute atomic E-state index is 0.0249. The third kappa shape index (κ3) is 3.45. The maximum Gasteiger partial charge on any atom is 0.333 e. The molecule has 2 heterocycles. The van der Waals surface area contributed by atoms with Crippen LogP contribution in [-0.2, 0) is 11.2 Å². The second-order valence-electron chi connectivity index (χ2n) is 6.13. The number of aryl methyl sites for hydroxylation is 1. The van der Waals surface area contributed by atoms with E-state index < -0.39 is 6.55 Å². The van der Waals surface area contributed by atoms with E-state index in [1.54, 1.807) is 18.7 Å². The number of carbonyl (C=O) groups excluding carboxylic acids is 1. The number of aromatic nitrogens is 2. The van der Waals surface area contributed by atoms with Crippen LogP contribution < -0.4 is 5.73 Å². The fourth-order valence-electron chi connectivity index (χ4n) is 3.08. The molecule has 0 bridgehead atoms. The molecule has 1 unspecified atom stereocenters. The first-order valence-corrected chi connectivity index (χ1v) is 7.67. The molecule has 1 aromatic heterocycles. The topological polar surface area (TPSA) is 64.2 Å². The fraction of sp³-hybridized carbons (Fsp3) is 0.733. The van der Waals surface area contributed by atoms with Crippen LogP contribution in [0, 0.1) is 19.8 Å². The van der Waals surface area contributed by atoms with Gasteiger partial charge in [0.15, 0.2) is 0 Å². The van der Waals surface area contributed by atoms with Gasteiger partial charge in [-0.2, -0.15) is 13.9 Å². The molecule has 5 nitrogen and oxygen atoms in total. The van der Waals surface area contributed by atoms with Gasteiger partial charge in [-0.25, -0.2) is 4.68 Å². The van der Waals surface area contributed by atoms with E-state index >= 15 is 0 Å². The Morgan fingerprint density at radius 3 is 2.41 bits per heavy atom. The van der Waals surface area contributed by atoms with Crippen LogP contribution in [0.5, 0.6) is 0 Å². The zero-order chi connectivity index (χ0) is 16.4. The third-order valence-electron chi connectivity index (χ3n) is 4.62. The standard InChI is InChI=1S/C15H24F2N4O/c1-9(18)12-4-6-20(7-5-12)14(22)8-13-10(2)19-21(11(13)3)15(16)17/h9,12,15H,4-8,18H2,1-3H3. The van der Waals surface area contributed by atoms with Crippen LogP contribution in [-0.4, -0.2) is 39.7 Å². The molecule has 1 saturated heterocycles. The van der Waals surface area contributed by atoms with Crippen molar-refractivity contribution in [3.63, 3.8) is 0 Å². The number of hydrogen-bond acceptors (Lipinski definition) is 3. The lowest BCUT2D eigenvalue weighted by molar-refractivity contribution is -0.132. The molecule has 0 aliphatic carbocycles. The third-order valence-corrected chi connectivity index (χ3v) is 4.62. The first-order chi connectivity index (χ1) is 10.3. The quantitative estimate of drug-likeness (QED) is 0.925. The Labute approximate surface area is 129 Å². The number of amides is 1. The van der Waals surface area contributed by atoms with E-state index in [9.17, 15) is 13.6 Å². The maximum atomic E-state index is 12.8. The van der Waals surface area contributed by atoms with Gasteiger partial charge in [-0.15, -0.1) is 0 Å². The number of nitrogens with two attached hydrogens (primary N) is 1. The molecule has 1 aliphatic rings. The van der Waals surface area contributed by atoms with Crippen LogP contribution in [0.1, 0.15) is 43.3 Å². The van der Waals surface area contributed by atoms with Gasteiger partial charge in [0.25, 0.3) is 0 Å². The van der Waals surface area contributed by atoms with Gasteiger partial charge < -0.3 is 10.6 Å². The zero-order valence-electron chi connectivity index (χ0n) is 13.4. The predicted molar refractivity (Wildman–Crippen MR) is 79.6 cm³/mol. The summed E-state index contributed by atoms with van der Waals surface area (Å²) >= 11 is 0. The summed E-state index contributed by atoms with van der Waals surface area (Å²) in [5.74, 6) is 0.428. The number of nitrogens with zero attached hydrogens (tertiary/aromatic N) is 3. The molecule has 1 aromatic rings. The molecule has 124 valence electrons. The Hall–Kier alpha value is -1.50. The Kier molecular flexibility index (Phi) is 5.16. The van der Waals surface area contributed by atoms with Crippen LogP contribution in [0.4, 0.5) is 8.78 Å². The summed E-state index contributed by atoms with van der Waals surface area (Å²) in [6.07, 6.45) is 1.93. The molecule has 0 aromatic carbocycles. The normalized spacial score (nSPS) is 18.0. The van der Waals surface area contributed by atoms with E-state index in [0.29, 0.717) is 40.6 Å². The average Bonchev–Trinajstić information content (AvgIpc) is 2.75. The highest BCUT2D eigenvalue weighted by Crippen LogP contribution is 2.23. The summed E-state index contributed by atoms with van der Waals surface area (Å²) in [5.41, 5.74) is 7.37. The molecular formula is C15H24F2N4O. The predicted octanol–water partition coefficient (Wildman–Crippen LogP) is 2.02. The highest BCUT2D eigenvalue weighted by molar-refractivity contribution is 5.79. The lowest BCUT2D eigenvalue weighted by Crippen LogP contribution is -2.43. The summed E-state index contributed by atoms with van der Waals surface area (Å²) < 4.78 is 26.3. The monoisotopic (exact) mass is 314 g/mol. The van der Waals surface area contributed by atoms with Crippen LogP contribution in [0.15, 0.2) is 0 Å². The van der Waals surface area contributed by atoms with Gasteiger partial charge in [0.05, 0.1) is 12.1 Å². The number of carbonyl (C=O) groups is 1. The highest BCUT2D eigenvalue weighted by Gasteiger charge is 2.26. The van der Waals surface area contributed by atoms with E-state index in [4.69, 9.17) is 5.73 Å². The summed E-state index contributed by atoms with van der Waals surface area (Å²) in [6, 6.07) is 0.144. The van der Waals surface area contributed by atoms with E-state index in [1.165, 1.54) is 0 Å². The second kappa shape index (κ2) is 6.73. The minimum Gasteiger partial charge on any atom is -0.342 e. The van der Waals surface area contributed by atoms with Gasteiger partial charge >= 0.3 is 6.55 Å². The molecule has 2 rings (SSSR count). The molecule has 1 fully saturated rings. The Bertz CT molecular complexity index is 534. The number of hydrogen-bond donors (Lipinski definition) is 1. The number of alkyl halides is 2. The summed E-state index contributed by atoms with van der Waals surface area (Å²) in [5, 5.41) is 3.82. The lowest BCUT2D eigenvalue weighted by atomic mass is 9.90. The molecule has 2 N–H and O–H groups in total. The number of piperidine rings is 1. The van der Waals surface area contributed by atoms with E-state index in [0.717, 1.165) is 12.8 Å². The van der Waals surface area contributed by atoms with Gasteiger partial charge in [0, 0.05) is 30.4 Å². The van der Waals surface area contributed by atoms with E-state index in [-0.39, 0.29) is 18.4 Å². The summed E-state index contributed by atoms with van der Waals surface area (Å²) in [6.45, 7) is 3.93. The van der Waals surface area contributed by atoms with Crippen molar-refractivity contribution in [2.24, 2.45) is 11.7 Å². The van der Waals surface area contributed by atoms with Crippen molar-refractivity contribution >= 4 is 5.91 Å². The van der Waals surface area contributed by atoms with Crippen molar-refractivity contribution in [3.05, 3.63) is 17.0 Å². The van der Waals surface area contributed by atoms with Crippen LogP contribution in [0.2, 0.25) is 0 Å². The molecule has 1 atom stereocenters. The van der Waals surface area contributed by atoms with Gasteiger partial charge in [-0.05, 0) is 39.5 Å². The van der Waals surface area contributed by atoms with Crippen LogP contribution >= 0.6 is 0 Å². The number of likely N-dealkylation sites (tertiary alicyclic amines) is 1. The molecule has 1 amide bonds. The molecule has 0 spiro atoms. The minimum atomic E-state index is -2.68. The maximum absolute atomic E-state index is 12.8. The van der Waals surface area contributed by atoms with Gasteiger partial charge in [0.2, 0.25) is 5.91 Å². The van der Waals surface area contributed by atoms with Gasteiger partial charge in [0.1, 0.15) is 0 Å². The summed E-state index contributed by atoms with van der Waals surface area (Å²) in [4.78, 5) is 14.2. The first-order valence-electron chi connectivity index (χ1n) is 7.67. The largest absolute Gasteiger partial charge is 0.342 e. The lowest BCUT2D eigenvalue weighted by Gasteiger charge is -2.33. The van der Waals surface area contributed by atoms with Crippen LogP contribution in [0.3, 0.4) is 0 Å². The van der Waals surface area contributed by atoms with Crippen molar-refractivity contribution in [3.8, 4) is 0 Å². The van der Waals surface area contributed by atoms with Crippen molar-refractivity contribution in [1.82, 2.24) is 14.7 Å². The highest BCUT2D eigenvalue weighted by atomic mass is 19.3. The Morgan fingerprint density at radius 1 is 1.36 bits per heavy atom. The van der Waals surface area contributed by atoms with E-state index in [1.807, 2.05) is 6.92 Å². The Morgan fingerprint density at radius 2 is 1.95 bits per heavy atom. The molecule has 1 aliphatic heterocycles. The second-order valence-corrected chi connectivity index (χ2v) is 6.13. The number of rotatable bonds is 4. The average molecular weight is 314 g/mol. The SMILES string of the molecule is Cc1nn(C(F)F)c(C)c1CC(=O)N1CCC(C(C)N)CC1. The smallest absolute Gasteiger partial charge is 0.333 e. The van der Waals surface area contributed by atoms with Crippen molar-refractivity contribution in [2.75, 3.05) is 13.1 Å². The molecular weight excluding hydrogens is 290 g/mol. The molecule has 0 radical (unpaired) electrons. The first kappa shape index (κ1) is 16.9. The molecule has 7 heteroatoms. The van der Waals surface area contributed by atoms with Crippen LogP contribution in [0.25, 0.3) is 0 Å². The molecule has 0 saturated carbocycles. The Balaban J connectivity index is 2.01. The molecule has 22 heavy (non-hydrogen) atoms. The zero-order valence-corrected chi connectivity index (χ0v) is 13.4. The van der Waals surface area contributed by atoms with Gasteiger partial charge in [-0.3, -0.25) is 4.79 Å². The van der Waals surface area contributed by atoms with Crippen molar-refractivity contribution in [1.29, 1.82) is 0 Å². The van der Waals surface area contributed by atoms with Gasteiger partial charge in [-0.1, -0.05) is 0 Å². The fourth-order valence-corrected chi connectivity index (χ4v) is 3.08. The van der Waals surface area contributed by atoms with E-state index in [2.05, 4.69) is 5.10 Å². The summed E-state index contributed by atoms with van der Waals surface area (Å²) in [7, 11) is 0. The number of halogens is 2. The van der Waals surface area contributed by atoms with Crippen molar-refractivity contribution in [2.45, 2.75) is 52.6 Å². The van der Waals surface area contributed by atoms with Crippen molar-refractivity contribution < 1.29 is 13.6 Å².